The minimum absolute atomic E-state index is 0.0623. The van der Waals surface area contributed by atoms with E-state index >= 15 is 0 Å². The van der Waals surface area contributed by atoms with Crippen molar-refractivity contribution in [1.29, 1.82) is 0 Å². The van der Waals surface area contributed by atoms with E-state index in [1.807, 2.05) is 0 Å². The molecule has 0 atom stereocenters. The summed E-state index contributed by atoms with van der Waals surface area (Å²) in [4.78, 5) is 15.2. The van der Waals surface area contributed by atoms with Gasteiger partial charge >= 0.3 is 5.97 Å². The van der Waals surface area contributed by atoms with Crippen LogP contribution in [0, 0.1) is 6.92 Å². The van der Waals surface area contributed by atoms with Gasteiger partial charge in [-0.1, -0.05) is 23.7 Å². The zero-order chi connectivity index (χ0) is 12.6. The lowest BCUT2D eigenvalue weighted by molar-refractivity contribution is 0.0692. The average Bonchev–Trinajstić information content (AvgIpc) is 2.57. The van der Waals surface area contributed by atoms with E-state index < -0.39 is 5.97 Å². The Morgan fingerprint density at radius 3 is 2.47 bits per heavy atom. The highest BCUT2D eigenvalue weighted by Gasteiger charge is 2.19. The van der Waals surface area contributed by atoms with Crippen molar-refractivity contribution in [2.45, 2.75) is 6.92 Å². The van der Waals surface area contributed by atoms with Crippen molar-refractivity contribution in [3.8, 4) is 11.3 Å². The number of benzene rings is 1. The molecule has 0 bridgehead atoms. The fraction of sp³-hybridized carbons (Fsp3) is 0.167. The number of carboxylic acids is 1. The molecule has 0 spiro atoms. The molecule has 0 fully saturated rings. The van der Waals surface area contributed by atoms with E-state index in [0.29, 0.717) is 16.5 Å². The molecule has 17 heavy (non-hydrogen) atoms. The third-order valence-corrected chi connectivity index (χ3v) is 2.89. The van der Waals surface area contributed by atoms with Gasteiger partial charge in [0.25, 0.3) is 0 Å². The molecule has 4 nitrogen and oxygen atoms in total. The van der Waals surface area contributed by atoms with Crippen LogP contribution in [0.15, 0.2) is 24.3 Å². The Morgan fingerprint density at radius 2 is 1.94 bits per heavy atom. The summed E-state index contributed by atoms with van der Waals surface area (Å²) in [7, 11) is 1.79. The largest absolute Gasteiger partial charge is 0.476 e. The molecule has 0 aliphatic rings. The maximum atomic E-state index is 11.1. The Hall–Kier alpha value is -1.81. The van der Waals surface area contributed by atoms with Gasteiger partial charge in [0, 0.05) is 17.6 Å². The SMILES string of the molecule is Cc1nc(C(=O)O)c(-c2ccc(Cl)cc2)n1C. The van der Waals surface area contributed by atoms with Gasteiger partial charge in [0.1, 0.15) is 5.82 Å². The summed E-state index contributed by atoms with van der Waals surface area (Å²) in [6, 6.07) is 7.02. The van der Waals surface area contributed by atoms with Crippen LogP contribution in [-0.4, -0.2) is 20.6 Å². The summed E-state index contributed by atoms with van der Waals surface area (Å²) in [5.74, 6) is -0.369. The fourth-order valence-electron chi connectivity index (χ4n) is 1.70. The first kappa shape index (κ1) is 11.7. The number of hydrogen-bond donors (Lipinski definition) is 1. The topological polar surface area (TPSA) is 55.1 Å². The number of aryl methyl sites for hydroxylation is 1. The molecule has 1 aromatic heterocycles. The zero-order valence-electron chi connectivity index (χ0n) is 9.44. The number of carboxylic acid groups (broad SMARTS) is 1. The van der Waals surface area contributed by atoms with Crippen LogP contribution in [-0.2, 0) is 7.05 Å². The van der Waals surface area contributed by atoms with Gasteiger partial charge in [-0.2, -0.15) is 0 Å². The van der Waals surface area contributed by atoms with Crippen molar-refractivity contribution in [2.24, 2.45) is 7.05 Å². The molecular formula is C12H11ClN2O2. The molecule has 2 aromatic rings. The van der Waals surface area contributed by atoms with Crippen molar-refractivity contribution in [2.75, 3.05) is 0 Å². The van der Waals surface area contributed by atoms with E-state index in [2.05, 4.69) is 4.98 Å². The maximum Gasteiger partial charge on any atom is 0.356 e. The van der Waals surface area contributed by atoms with Gasteiger partial charge in [-0.25, -0.2) is 9.78 Å². The quantitative estimate of drug-likeness (QED) is 0.892. The monoisotopic (exact) mass is 250 g/mol. The predicted octanol–water partition coefficient (Wildman–Crippen LogP) is 2.75. The summed E-state index contributed by atoms with van der Waals surface area (Å²) < 4.78 is 1.76. The highest BCUT2D eigenvalue weighted by atomic mass is 35.5. The number of rotatable bonds is 2. The Balaban J connectivity index is 2.65. The Morgan fingerprint density at radius 1 is 1.35 bits per heavy atom. The molecule has 1 heterocycles. The summed E-state index contributed by atoms with van der Waals surface area (Å²) in [6.45, 7) is 1.77. The number of aromatic nitrogens is 2. The summed E-state index contributed by atoms with van der Waals surface area (Å²) in [5, 5.41) is 9.73. The number of nitrogens with zero attached hydrogens (tertiary/aromatic N) is 2. The van der Waals surface area contributed by atoms with Gasteiger partial charge in [-0.15, -0.1) is 0 Å². The molecule has 0 saturated heterocycles. The van der Waals surface area contributed by atoms with Crippen LogP contribution in [0.25, 0.3) is 11.3 Å². The maximum absolute atomic E-state index is 11.1. The van der Waals surface area contributed by atoms with Crippen molar-refractivity contribution in [1.82, 2.24) is 9.55 Å². The summed E-state index contributed by atoms with van der Waals surface area (Å²) in [6.07, 6.45) is 0. The standard InChI is InChI=1S/C12H11ClN2O2/c1-7-14-10(12(16)17)11(15(7)2)8-3-5-9(13)6-4-8/h3-6H,1-2H3,(H,16,17). The van der Waals surface area contributed by atoms with E-state index in [-0.39, 0.29) is 5.69 Å². The molecule has 5 heteroatoms. The molecule has 1 aromatic carbocycles. The van der Waals surface area contributed by atoms with Gasteiger partial charge < -0.3 is 9.67 Å². The highest BCUT2D eigenvalue weighted by Crippen LogP contribution is 2.25. The van der Waals surface area contributed by atoms with E-state index in [1.165, 1.54) is 0 Å². The molecule has 1 N–H and O–H groups in total. The molecule has 0 aliphatic carbocycles. The molecule has 88 valence electrons. The fourth-order valence-corrected chi connectivity index (χ4v) is 1.82. The Bertz CT molecular complexity index is 573. The third-order valence-electron chi connectivity index (χ3n) is 2.64. The van der Waals surface area contributed by atoms with Crippen molar-refractivity contribution in [3.63, 3.8) is 0 Å². The van der Waals surface area contributed by atoms with E-state index in [0.717, 1.165) is 5.56 Å². The van der Waals surface area contributed by atoms with Crippen LogP contribution in [0.4, 0.5) is 0 Å². The molecule has 0 saturated carbocycles. The lowest BCUT2D eigenvalue weighted by Crippen LogP contribution is -2.01. The third kappa shape index (κ3) is 2.03. The van der Waals surface area contributed by atoms with Crippen molar-refractivity contribution in [3.05, 3.63) is 40.8 Å². The number of aromatic carboxylic acids is 1. The van der Waals surface area contributed by atoms with Crippen molar-refractivity contribution < 1.29 is 9.90 Å². The van der Waals surface area contributed by atoms with Crippen LogP contribution >= 0.6 is 11.6 Å². The smallest absolute Gasteiger partial charge is 0.356 e. The zero-order valence-corrected chi connectivity index (χ0v) is 10.2. The van der Waals surface area contributed by atoms with Crippen molar-refractivity contribution >= 4 is 17.6 Å². The lowest BCUT2D eigenvalue weighted by Gasteiger charge is -2.05. The van der Waals surface area contributed by atoms with Crippen LogP contribution in [0.5, 0.6) is 0 Å². The van der Waals surface area contributed by atoms with Crippen LogP contribution in [0.3, 0.4) is 0 Å². The van der Waals surface area contributed by atoms with Gasteiger partial charge in [0.2, 0.25) is 0 Å². The van der Waals surface area contributed by atoms with Gasteiger partial charge in [0.05, 0.1) is 5.69 Å². The molecule has 0 radical (unpaired) electrons. The molecular weight excluding hydrogens is 240 g/mol. The number of carbonyl (C=O) groups is 1. The van der Waals surface area contributed by atoms with Crippen LogP contribution in [0.1, 0.15) is 16.3 Å². The lowest BCUT2D eigenvalue weighted by atomic mass is 10.1. The van der Waals surface area contributed by atoms with Gasteiger partial charge in [-0.3, -0.25) is 0 Å². The second-order valence-electron chi connectivity index (χ2n) is 3.73. The Kier molecular flexibility index (Phi) is 2.90. The minimum atomic E-state index is -1.03. The highest BCUT2D eigenvalue weighted by molar-refractivity contribution is 6.30. The number of halogens is 1. The molecule has 0 unspecified atom stereocenters. The number of hydrogen-bond acceptors (Lipinski definition) is 2. The first-order chi connectivity index (χ1) is 8.00. The summed E-state index contributed by atoms with van der Waals surface area (Å²) in [5.41, 5.74) is 1.44. The second kappa shape index (κ2) is 4.22. The first-order valence-electron chi connectivity index (χ1n) is 5.03. The van der Waals surface area contributed by atoms with Crippen LogP contribution in [0.2, 0.25) is 5.02 Å². The average molecular weight is 251 g/mol. The first-order valence-corrected chi connectivity index (χ1v) is 5.41. The number of imidazole rings is 1. The molecule has 0 aliphatic heterocycles. The normalized spacial score (nSPS) is 10.5. The van der Waals surface area contributed by atoms with E-state index in [1.54, 1.807) is 42.8 Å². The van der Waals surface area contributed by atoms with Gasteiger partial charge in [-0.05, 0) is 19.1 Å². The van der Waals surface area contributed by atoms with E-state index in [4.69, 9.17) is 16.7 Å². The van der Waals surface area contributed by atoms with Gasteiger partial charge in [0.15, 0.2) is 5.69 Å². The Labute approximate surface area is 103 Å². The predicted molar refractivity (Wildman–Crippen MR) is 65.4 cm³/mol. The minimum Gasteiger partial charge on any atom is -0.476 e. The molecule has 0 amide bonds. The van der Waals surface area contributed by atoms with E-state index in [9.17, 15) is 4.79 Å². The van der Waals surface area contributed by atoms with Crippen LogP contribution < -0.4 is 0 Å². The second-order valence-corrected chi connectivity index (χ2v) is 4.16. The molecule has 2 rings (SSSR count). The summed E-state index contributed by atoms with van der Waals surface area (Å²) >= 11 is 5.81.